The smallest absolute Gasteiger partial charge is 0.119 e. The van der Waals surface area contributed by atoms with E-state index in [9.17, 15) is 10.2 Å². The fourth-order valence-corrected chi connectivity index (χ4v) is 6.53. The van der Waals surface area contributed by atoms with Crippen molar-refractivity contribution in [1.29, 1.82) is 0 Å². The molecule has 0 aliphatic rings. The molecule has 0 aliphatic carbocycles. The van der Waals surface area contributed by atoms with Gasteiger partial charge in [-0.1, -0.05) is 90.5 Å². The van der Waals surface area contributed by atoms with Gasteiger partial charge >= 0.3 is 0 Å². The molecule has 0 amide bonds. The Labute approximate surface area is 332 Å². The number of unbranched alkanes of at least 4 members (excludes halogenated alkanes) is 3. The van der Waals surface area contributed by atoms with E-state index in [1.807, 2.05) is 97.1 Å². The number of ether oxygens (including phenoxy) is 3. The van der Waals surface area contributed by atoms with Gasteiger partial charge in [-0.15, -0.1) is 0 Å². The van der Waals surface area contributed by atoms with Gasteiger partial charge in [0.15, 0.2) is 0 Å². The maximum absolute atomic E-state index is 10.7. The maximum atomic E-state index is 10.7. The normalized spacial score (nSPS) is 13.5. The van der Waals surface area contributed by atoms with Gasteiger partial charge < -0.3 is 35.1 Å². The van der Waals surface area contributed by atoms with Crippen LogP contribution in [0.2, 0.25) is 5.02 Å². The van der Waals surface area contributed by atoms with Gasteiger partial charge in [0.25, 0.3) is 0 Å². The number of aliphatic hydroxyl groups excluding tert-OH is 2. The van der Waals surface area contributed by atoms with Crippen molar-refractivity contribution in [1.82, 2.24) is 10.6 Å². The highest BCUT2D eigenvalue weighted by molar-refractivity contribution is 6.30. The Kier molecular flexibility index (Phi) is 17.4. The molecular formula is C47H57ClN2O5. The Balaban J connectivity index is 0.872. The van der Waals surface area contributed by atoms with Crippen molar-refractivity contribution in [3.63, 3.8) is 0 Å². The fraction of sp³-hybridized carbons (Fsp3) is 0.362. The van der Waals surface area contributed by atoms with Crippen molar-refractivity contribution in [2.75, 3.05) is 26.3 Å². The molecule has 55 heavy (non-hydrogen) atoms. The second-order valence-corrected chi connectivity index (χ2v) is 14.8. The summed E-state index contributed by atoms with van der Waals surface area (Å²) in [5.74, 6) is 2.57. The van der Waals surface area contributed by atoms with E-state index in [-0.39, 0.29) is 12.1 Å². The molecule has 8 heteroatoms. The number of rotatable bonds is 24. The average Bonchev–Trinajstić information content (AvgIpc) is 3.21. The van der Waals surface area contributed by atoms with E-state index < -0.39 is 12.2 Å². The molecule has 7 nitrogen and oxygen atoms in total. The molecule has 0 unspecified atom stereocenters. The third kappa shape index (κ3) is 15.4. The van der Waals surface area contributed by atoms with E-state index in [1.165, 1.54) is 11.1 Å². The van der Waals surface area contributed by atoms with Crippen LogP contribution in [-0.2, 0) is 19.4 Å². The van der Waals surface area contributed by atoms with Crippen LogP contribution in [-0.4, -0.2) is 48.6 Å². The lowest BCUT2D eigenvalue weighted by molar-refractivity contribution is 0.170. The second kappa shape index (κ2) is 22.9. The molecule has 0 bridgehead atoms. The van der Waals surface area contributed by atoms with Crippen molar-refractivity contribution in [3.05, 3.63) is 160 Å². The van der Waals surface area contributed by atoms with Gasteiger partial charge in [-0.05, 0) is 129 Å². The molecule has 0 aromatic heterocycles. The first kappa shape index (κ1) is 41.8. The first-order valence-corrected chi connectivity index (χ1v) is 20.0. The molecule has 0 saturated heterocycles. The lowest BCUT2D eigenvalue weighted by Gasteiger charge is -2.18. The van der Waals surface area contributed by atoms with Crippen molar-refractivity contribution in [2.24, 2.45) is 0 Å². The highest BCUT2D eigenvalue weighted by Gasteiger charge is 2.12. The molecule has 5 aromatic carbocycles. The zero-order valence-electron chi connectivity index (χ0n) is 32.2. The van der Waals surface area contributed by atoms with Crippen LogP contribution >= 0.6 is 11.6 Å². The summed E-state index contributed by atoms with van der Waals surface area (Å²) in [6.07, 6.45) is 4.74. The quantitative estimate of drug-likeness (QED) is 0.0466. The van der Waals surface area contributed by atoms with E-state index in [0.29, 0.717) is 37.9 Å². The van der Waals surface area contributed by atoms with Crippen molar-refractivity contribution < 1.29 is 24.4 Å². The first-order valence-electron chi connectivity index (χ1n) is 19.6. The molecule has 5 rings (SSSR count). The van der Waals surface area contributed by atoms with Crippen LogP contribution < -0.4 is 24.8 Å². The van der Waals surface area contributed by atoms with E-state index in [0.717, 1.165) is 72.5 Å². The minimum atomic E-state index is -0.595. The summed E-state index contributed by atoms with van der Waals surface area (Å²) in [7, 11) is 0. The molecule has 0 spiro atoms. The van der Waals surface area contributed by atoms with Crippen LogP contribution in [0.4, 0.5) is 0 Å². The Bertz CT molecular complexity index is 1790. The van der Waals surface area contributed by atoms with Gasteiger partial charge in [0.05, 0.1) is 25.4 Å². The monoisotopic (exact) mass is 764 g/mol. The van der Waals surface area contributed by atoms with Gasteiger partial charge in [-0.2, -0.15) is 0 Å². The number of aliphatic hydroxyl groups is 2. The predicted molar refractivity (Wildman–Crippen MR) is 223 cm³/mol. The minimum Gasteiger partial charge on any atom is -0.494 e. The van der Waals surface area contributed by atoms with Crippen LogP contribution in [0.15, 0.2) is 127 Å². The van der Waals surface area contributed by atoms with Gasteiger partial charge in [0.2, 0.25) is 0 Å². The van der Waals surface area contributed by atoms with Gasteiger partial charge in [-0.3, -0.25) is 0 Å². The molecule has 0 fully saturated rings. The predicted octanol–water partition coefficient (Wildman–Crippen LogP) is 9.45. The lowest BCUT2D eigenvalue weighted by atomic mass is 10.1. The number of nitrogens with one attached hydrogen (secondary N) is 2. The van der Waals surface area contributed by atoms with E-state index in [2.05, 4.69) is 48.7 Å². The lowest BCUT2D eigenvalue weighted by Crippen LogP contribution is -2.32. The van der Waals surface area contributed by atoms with Crippen LogP contribution in [0, 0.1) is 0 Å². The fourth-order valence-electron chi connectivity index (χ4n) is 6.33. The summed E-state index contributed by atoms with van der Waals surface area (Å²) in [5.41, 5.74) is 5.26. The Morgan fingerprint density at radius 2 is 1.00 bits per heavy atom. The third-order valence-corrected chi connectivity index (χ3v) is 9.81. The molecular weight excluding hydrogens is 708 g/mol. The minimum absolute atomic E-state index is 0.211. The van der Waals surface area contributed by atoms with Gasteiger partial charge in [-0.25, -0.2) is 0 Å². The van der Waals surface area contributed by atoms with E-state index in [4.69, 9.17) is 25.8 Å². The summed E-state index contributed by atoms with van der Waals surface area (Å²) in [6.45, 7) is 7.13. The van der Waals surface area contributed by atoms with Crippen LogP contribution in [0.5, 0.6) is 17.2 Å². The maximum Gasteiger partial charge on any atom is 0.119 e. The summed E-state index contributed by atoms with van der Waals surface area (Å²) >= 11 is 6.05. The zero-order valence-corrected chi connectivity index (χ0v) is 33.0. The third-order valence-electron chi connectivity index (χ3n) is 9.57. The summed E-state index contributed by atoms with van der Waals surface area (Å²) in [5, 5.41) is 28.7. The molecule has 4 N–H and O–H groups in total. The highest BCUT2D eigenvalue weighted by Crippen LogP contribution is 2.21. The number of hydrogen-bond donors (Lipinski definition) is 4. The van der Waals surface area contributed by atoms with Crippen molar-refractivity contribution in [2.45, 2.75) is 83.3 Å². The zero-order chi connectivity index (χ0) is 38.7. The summed E-state index contributed by atoms with van der Waals surface area (Å²) < 4.78 is 17.8. The Morgan fingerprint density at radius 1 is 0.509 bits per heavy atom. The van der Waals surface area contributed by atoms with Crippen LogP contribution in [0.3, 0.4) is 0 Å². The standard InChI is InChI=1S/C47H57ClN2O5/c1-35(49-32-46(51)40-19-25-45(26-20-40)55-34-39-11-6-5-7-12-39)29-37-15-21-43(22-16-37)53-27-8-3-4-9-28-54-44-23-17-38(18-24-44)30-36(2)50-33-47(52)41-13-10-14-42(48)31-41/h5-7,10-26,31,35-36,46-47,49-52H,3-4,8-9,27-30,32-34H2,1-2H3/t35-,36-,46+,47+/m1/s1. The van der Waals surface area contributed by atoms with Crippen molar-refractivity contribution >= 4 is 11.6 Å². The van der Waals surface area contributed by atoms with Crippen LogP contribution in [0.25, 0.3) is 0 Å². The van der Waals surface area contributed by atoms with E-state index in [1.54, 1.807) is 6.07 Å². The van der Waals surface area contributed by atoms with Crippen molar-refractivity contribution in [3.8, 4) is 17.2 Å². The largest absolute Gasteiger partial charge is 0.494 e. The molecule has 0 heterocycles. The van der Waals surface area contributed by atoms with Crippen LogP contribution in [0.1, 0.15) is 79.6 Å². The summed E-state index contributed by atoms with van der Waals surface area (Å²) in [6, 6.07) is 42.2. The molecule has 5 aromatic rings. The first-order chi connectivity index (χ1) is 26.8. The number of benzene rings is 5. The molecule has 0 radical (unpaired) electrons. The Hall–Kier alpha value is -4.37. The Morgan fingerprint density at radius 3 is 1.53 bits per heavy atom. The van der Waals surface area contributed by atoms with Gasteiger partial charge in [0.1, 0.15) is 23.9 Å². The van der Waals surface area contributed by atoms with E-state index >= 15 is 0 Å². The highest BCUT2D eigenvalue weighted by atomic mass is 35.5. The average molecular weight is 765 g/mol. The summed E-state index contributed by atoms with van der Waals surface area (Å²) in [4.78, 5) is 0. The molecule has 0 saturated carbocycles. The number of hydrogen-bond acceptors (Lipinski definition) is 7. The number of halogens is 1. The second-order valence-electron chi connectivity index (χ2n) is 14.4. The molecule has 292 valence electrons. The van der Waals surface area contributed by atoms with Gasteiger partial charge in [0, 0.05) is 30.2 Å². The SMILES string of the molecule is C[C@H](Cc1ccc(OCCCCCCOc2ccc(C[C@@H](C)NC[C@H](O)c3cccc(Cl)c3)cc2)cc1)NC[C@H](O)c1ccc(OCc2ccccc2)cc1. The topological polar surface area (TPSA) is 92.2 Å². The molecule has 4 atom stereocenters. The molecule has 0 aliphatic heterocycles.